The molecule has 2 aromatic heterocycles. The third-order valence-electron chi connectivity index (χ3n) is 16.5. The number of esters is 2. The number of anilines is 2. The summed E-state index contributed by atoms with van der Waals surface area (Å²) in [5.41, 5.74) is 6.37. The Morgan fingerprint density at radius 2 is 1.08 bits per heavy atom. The number of ether oxygens (including phenoxy) is 2. The number of methoxy groups -OCH3 is 2. The van der Waals surface area contributed by atoms with Crippen LogP contribution >= 0.6 is 45.9 Å². The van der Waals surface area contributed by atoms with Gasteiger partial charge in [0.2, 0.25) is 0 Å². The molecule has 4 atom stereocenters. The van der Waals surface area contributed by atoms with Crippen molar-refractivity contribution in [3.8, 4) is 0 Å². The number of fused-ring (bicyclic) bond motifs is 2. The summed E-state index contributed by atoms with van der Waals surface area (Å²) < 4.78 is 52.3. The third kappa shape index (κ3) is 14.3. The van der Waals surface area contributed by atoms with E-state index in [1.165, 1.54) is 55.9 Å². The Labute approximate surface area is 543 Å². The van der Waals surface area contributed by atoms with E-state index in [1.807, 2.05) is 70.6 Å². The lowest BCUT2D eigenvalue weighted by Gasteiger charge is -2.38. The molecule has 4 N–H and O–H groups in total. The van der Waals surface area contributed by atoms with Gasteiger partial charge < -0.3 is 40.1 Å². The third-order valence-corrected chi connectivity index (χ3v) is 18.9. The molecule has 22 nitrogen and oxygen atoms in total. The molecule has 0 bridgehead atoms. The van der Waals surface area contributed by atoms with Crippen molar-refractivity contribution >= 4 is 105 Å². The van der Waals surface area contributed by atoms with Gasteiger partial charge in [0.05, 0.1) is 43.6 Å². The molecule has 4 fully saturated rings. The molecule has 4 amide bonds. The van der Waals surface area contributed by atoms with Crippen LogP contribution in [0.2, 0.25) is 10.0 Å². The number of halogens is 5. The van der Waals surface area contributed by atoms with Crippen molar-refractivity contribution in [3.63, 3.8) is 0 Å². The zero-order valence-electron chi connectivity index (χ0n) is 49.8. The number of carboxylic acid groups (broad SMARTS) is 2. The van der Waals surface area contributed by atoms with Crippen molar-refractivity contribution in [2.45, 2.75) is 56.8 Å². The number of benzene rings is 4. The van der Waals surface area contributed by atoms with Crippen LogP contribution in [0, 0.1) is 23.7 Å². The summed E-state index contributed by atoms with van der Waals surface area (Å²) in [7, 11) is 2.55. The fourth-order valence-corrected chi connectivity index (χ4v) is 13.9. The van der Waals surface area contributed by atoms with Crippen LogP contribution in [0.4, 0.5) is 34.1 Å². The maximum Gasteiger partial charge on any atom is 0.338 e. The number of amidine groups is 2. The van der Waals surface area contributed by atoms with Gasteiger partial charge >= 0.3 is 35.9 Å². The number of nitrogens with one attached hydrogen (secondary N) is 2. The molecule has 4 aromatic carbocycles. The predicted molar refractivity (Wildman–Crippen MR) is 339 cm³/mol. The van der Waals surface area contributed by atoms with E-state index in [0.29, 0.717) is 105 Å². The summed E-state index contributed by atoms with van der Waals surface area (Å²) in [5.74, 6) is -3.31. The van der Waals surface area contributed by atoms with E-state index in [-0.39, 0.29) is 75.6 Å². The minimum atomic E-state index is -0.984. The number of carbonyl (C=O) groups is 6. The lowest BCUT2D eigenvalue weighted by atomic mass is 9.95. The van der Waals surface area contributed by atoms with Gasteiger partial charge in [-0.1, -0.05) is 70.9 Å². The van der Waals surface area contributed by atoms with Crippen LogP contribution in [0.15, 0.2) is 129 Å². The zero-order valence-corrected chi connectivity index (χ0v) is 52.9. The smallest absolute Gasteiger partial charge is 0.338 e. The first kappa shape index (κ1) is 64.8. The highest BCUT2D eigenvalue weighted by molar-refractivity contribution is 7.12. The number of nitrogens with zero attached hydrogens (tertiary/aromatic N) is 10. The van der Waals surface area contributed by atoms with Crippen LogP contribution in [-0.2, 0) is 41.5 Å². The maximum absolute atomic E-state index is 14.0. The molecule has 0 radical (unpaired) electrons. The van der Waals surface area contributed by atoms with Crippen molar-refractivity contribution in [2.75, 3.05) is 89.5 Å². The van der Waals surface area contributed by atoms with Crippen molar-refractivity contribution in [3.05, 3.63) is 184 Å². The van der Waals surface area contributed by atoms with Crippen molar-refractivity contribution in [1.29, 1.82) is 0 Å². The lowest BCUT2D eigenvalue weighted by Crippen LogP contribution is -2.53. The Balaban J connectivity index is 0.000000188. The van der Waals surface area contributed by atoms with Crippen LogP contribution in [-0.4, -0.2) is 179 Å². The molecule has 0 unspecified atom stereocenters. The number of thiazole rings is 2. The number of aliphatic carboxylic acids is 2. The molecule has 0 saturated carbocycles. The number of piperazine rings is 2. The number of hydrogen-bond donors (Lipinski definition) is 4. The number of aryl methyl sites for hydroxylation is 3. The van der Waals surface area contributed by atoms with Gasteiger partial charge in [-0.05, 0) is 79.4 Å². The number of carboxylic acids is 2. The molecule has 29 heteroatoms. The summed E-state index contributed by atoms with van der Waals surface area (Å²) in [4.78, 5) is 105. The van der Waals surface area contributed by atoms with Crippen LogP contribution in [0.5, 0.6) is 0 Å². The van der Waals surface area contributed by atoms with E-state index in [1.54, 1.807) is 9.80 Å². The van der Waals surface area contributed by atoms with E-state index in [2.05, 4.69) is 35.4 Å². The van der Waals surface area contributed by atoms with Gasteiger partial charge in [0.15, 0.2) is 26.8 Å². The largest absolute Gasteiger partial charge is 0.481 e. The van der Waals surface area contributed by atoms with Crippen LogP contribution in [0.1, 0.15) is 62.9 Å². The molecule has 8 heterocycles. The number of amides is 4. The predicted octanol–water partition coefficient (Wildman–Crippen LogP) is 8.64. The number of aromatic nitrogens is 2. The standard InChI is InChI=1S/C32H32ClFN6O5S.C31H29ClF2N6O5S/c1-18-17-46-30(35-18)29-36-25(27(31(43)45-2)28(37-29)23-9-6-20(34)13-24(23)33)16-38-11-12-39-22(14-38)15-40(32(39)44)21-7-3-19(4-8-21)5-10-26(41)42;1-45-30(43)26-23(36-28(29-35-13-24(34)46-29)37-27(26)21-8-5-18(33)12-22(21)32)16-38-10-11-39-20(14-38)15-40(31(39)44)19-6-2-17(3-7-19)4-9-25(41)42/h3-4,6-9,13,17,22,28H,5,10-12,14-16H2,1-2H3,(H,36,37)(H,41,42);2-3,5-8,12-13,20,27H,4,9-11,14-16H2,1H3,(H,36,37)(H,41,42)/t22-,28-;20-,27-/m00/s1. The number of hydrogen-bond acceptors (Lipinski definition) is 18. The fraction of sp³-hybridized carbons (Fsp3) is 0.333. The number of urea groups is 2. The minimum Gasteiger partial charge on any atom is -0.481 e. The molecule has 12 rings (SSSR count). The fourth-order valence-electron chi connectivity index (χ4n) is 12.0. The molecule has 6 aliphatic rings. The average Bonchev–Trinajstić information content (AvgIpc) is 1.15. The van der Waals surface area contributed by atoms with Gasteiger partial charge in [0, 0.05) is 133 Å². The Bertz CT molecular complexity index is 3750. The first-order chi connectivity index (χ1) is 44.2. The second kappa shape index (κ2) is 28.0. The quantitative estimate of drug-likeness (QED) is 0.0587. The first-order valence-electron chi connectivity index (χ1n) is 29.2. The van der Waals surface area contributed by atoms with Gasteiger partial charge in [-0.25, -0.2) is 37.9 Å². The molecule has 6 aliphatic heterocycles. The molecular weight excluding hydrogens is 1280 g/mol. The van der Waals surface area contributed by atoms with E-state index < -0.39 is 52.7 Å². The van der Waals surface area contributed by atoms with Crippen LogP contribution in [0.3, 0.4) is 0 Å². The highest BCUT2D eigenvalue weighted by atomic mass is 35.5. The summed E-state index contributed by atoms with van der Waals surface area (Å²) in [6.45, 7) is 6.46. The van der Waals surface area contributed by atoms with Gasteiger partial charge in [-0.15, -0.1) is 11.3 Å². The maximum atomic E-state index is 14.0. The molecule has 480 valence electrons. The van der Waals surface area contributed by atoms with Gasteiger partial charge in [0.1, 0.15) is 23.7 Å². The van der Waals surface area contributed by atoms with E-state index >= 15 is 0 Å². The summed E-state index contributed by atoms with van der Waals surface area (Å²) >= 11 is 15.1. The monoisotopic (exact) mass is 1340 g/mol. The van der Waals surface area contributed by atoms with E-state index in [4.69, 9.17) is 47.9 Å². The number of carbonyl (C=O) groups excluding carboxylic acids is 4. The van der Waals surface area contributed by atoms with Crippen LogP contribution < -0.4 is 20.4 Å². The van der Waals surface area contributed by atoms with Gasteiger partial charge in [-0.3, -0.25) is 39.2 Å². The van der Waals surface area contributed by atoms with Crippen LogP contribution in [0.25, 0.3) is 0 Å². The Kier molecular flexibility index (Phi) is 19.7. The Hall–Kier alpha value is -8.73. The Morgan fingerprint density at radius 1 is 0.630 bits per heavy atom. The first-order valence-corrected chi connectivity index (χ1v) is 31.7. The highest BCUT2D eigenvalue weighted by Crippen LogP contribution is 2.40. The molecule has 6 aromatic rings. The van der Waals surface area contributed by atoms with Crippen molar-refractivity contribution in [1.82, 2.24) is 40.2 Å². The normalized spacial score (nSPS) is 20.0. The summed E-state index contributed by atoms with van der Waals surface area (Å²) in [6.07, 6.45) is 1.99. The topological polar surface area (TPSA) is 255 Å². The Morgan fingerprint density at radius 3 is 1.46 bits per heavy atom. The second-order valence-corrected chi connectivity index (χ2v) is 25.1. The van der Waals surface area contributed by atoms with E-state index in [0.717, 1.165) is 51.8 Å². The zero-order chi connectivity index (χ0) is 65.1. The van der Waals surface area contributed by atoms with Crippen molar-refractivity contribution < 1.29 is 61.6 Å². The molecule has 4 saturated heterocycles. The lowest BCUT2D eigenvalue weighted by molar-refractivity contribution is -0.138. The molecule has 0 spiro atoms. The SMILES string of the molecule is COC(=O)C1=C(CN2CCN3C(=O)N(c4ccc(CCC(=O)O)cc4)C[C@@H]3C2)NC(c2nc(C)cs2)=N[C@H]1c1ccc(F)cc1Cl.COC(=O)C1=C(CN2CCN3C(=O)N(c4ccc(CCC(=O)O)cc4)C[C@@H]3C2)NC(c2ncc(F)s2)=N[C@H]1c1ccc(F)cc1Cl. The highest BCUT2D eigenvalue weighted by Gasteiger charge is 2.45. The van der Waals surface area contributed by atoms with Crippen molar-refractivity contribution in [2.24, 2.45) is 9.98 Å². The van der Waals surface area contributed by atoms with Gasteiger partial charge in [-0.2, -0.15) is 4.39 Å². The van der Waals surface area contributed by atoms with E-state index in [9.17, 15) is 41.9 Å². The number of aliphatic imine (C=N–C) groups is 2. The average molecular weight is 1340 g/mol. The molecule has 0 aliphatic carbocycles. The van der Waals surface area contributed by atoms with Gasteiger partial charge in [0.25, 0.3) is 0 Å². The molecule has 92 heavy (non-hydrogen) atoms. The summed E-state index contributed by atoms with van der Waals surface area (Å²) in [5, 5.41) is 26.9. The summed E-state index contributed by atoms with van der Waals surface area (Å²) in [6, 6.07) is 20.3. The minimum absolute atomic E-state index is 0.0302. The number of rotatable bonds is 18. The second-order valence-electron chi connectivity index (χ2n) is 22.4. The molecular formula is C63H61Cl2F3N12O10S2.